The first kappa shape index (κ1) is 13.0. The van der Waals surface area contributed by atoms with Gasteiger partial charge < -0.3 is 10.4 Å². The lowest BCUT2D eigenvalue weighted by Crippen LogP contribution is -2.33. The largest absolute Gasteiger partial charge is 0.481 e. The minimum absolute atomic E-state index is 0.0255. The van der Waals surface area contributed by atoms with Crippen molar-refractivity contribution in [2.24, 2.45) is 10.8 Å². The molecule has 0 heterocycles. The van der Waals surface area contributed by atoms with Gasteiger partial charge in [-0.1, -0.05) is 20.8 Å². The van der Waals surface area contributed by atoms with Gasteiger partial charge in [0.1, 0.15) is 0 Å². The Kier molecular flexibility index (Phi) is 3.61. The molecule has 1 aliphatic carbocycles. The van der Waals surface area contributed by atoms with Gasteiger partial charge in [0.05, 0.1) is 6.42 Å². The number of hydrogen-bond acceptors (Lipinski definition) is 2. The molecule has 1 aliphatic rings. The van der Waals surface area contributed by atoms with Crippen molar-refractivity contribution in [2.45, 2.75) is 46.5 Å². The lowest BCUT2D eigenvalue weighted by atomic mass is 9.85. The average Bonchev–Trinajstić information content (AvgIpc) is 2.78. The first-order chi connectivity index (χ1) is 7.22. The maximum atomic E-state index is 11.6. The van der Waals surface area contributed by atoms with Crippen molar-refractivity contribution >= 4 is 11.9 Å². The zero-order chi connectivity index (χ0) is 12.4. The zero-order valence-corrected chi connectivity index (χ0v) is 10.3. The minimum atomic E-state index is -0.855. The molecule has 1 saturated carbocycles. The van der Waals surface area contributed by atoms with Crippen LogP contribution in [0.25, 0.3) is 0 Å². The Labute approximate surface area is 96.4 Å². The van der Waals surface area contributed by atoms with E-state index < -0.39 is 11.4 Å². The summed E-state index contributed by atoms with van der Waals surface area (Å²) in [7, 11) is 0. The molecule has 0 unspecified atom stereocenters. The number of carbonyl (C=O) groups excluding carboxylic acids is 1. The fourth-order valence-electron chi connectivity index (χ4n) is 1.67. The van der Waals surface area contributed by atoms with Crippen molar-refractivity contribution in [1.29, 1.82) is 0 Å². The third-order valence-corrected chi connectivity index (χ3v) is 3.08. The molecule has 1 fully saturated rings. The molecule has 0 aromatic rings. The van der Waals surface area contributed by atoms with Gasteiger partial charge in [0.25, 0.3) is 0 Å². The molecule has 92 valence electrons. The number of carbonyl (C=O) groups is 2. The summed E-state index contributed by atoms with van der Waals surface area (Å²) in [5.74, 6) is -0.897. The summed E-state index contributed by atoms with van der Waals surface area (Å²) in [5.41, 5.74) is -0.174. The van der Waals surface area contributed by atoms with Crippen molar-refractivity contribution in [3.05, 3.63) is 0 Å². The highest BCUT2D eigenvalue weighted by atomic mass is 16.4. The quantitative estimate of drug-likeness (QED) is 0.727. The molecule has 0 aromatic carbocycles. The van der Waals surface area contributed by atoms with Crippen molar-refractivity contribution < 1.29 is 14.7 Å². The Morgan fingerprint density at radius 3 is 2.31 bits per heavy atom. The molecule has 1 rings (SSSR count). The van der Waals surface area contributed by atoms with E-state index in [4.69, 9.17) is 5.11 Å². The van der Waals surface area contributed by atoms with Gasteiger partial charge in [-0.3, -0.25) is 9.59 Å². The fraction of sp³-hybridized carbons (Fsp3) is 0.833. The van der Waals surface area contributed by atoms with Crippen LogP contribution in [0.2, 0.25) is 0 Å². The molecule has 1 amide bonds. The number of carboxylic acids is 1. The van der Waals surface area contributed by atoms with Crippen LogP contribution in [0.15, 0.2) is 0 Å². The summed E-state index contributed by atoms with van der Waals surface area (Å²) in [5, 5.41) is 11.6. The van der Waals surface area contributed by atoms with Crippen molar-refractivity contribution in [3.63, 3.8) is 0 Å². The van der Waals surface area contributed by atoms with Crippen molar-refractivity contribution in [3.8, 4) is 0 Å². The molecule has 4 heteroatoms. The van der Waals surface area contributed by atoms with E-state index in [9.17, 15) is 9.59 Å². The van der Waals surface area contributed by atoms with E-state index in [2.05, 4.69) is 12.2 Å². The molecule has 0 spiro atoms. The van der Waals surface area contributed by atoms with Gasteiger partial charge in [-0.25, -0.2) is 0 Å². The Balaban J connectivity index is 2.29. The van der Waals surface area contributed by atoms with Crippen LogP contribution < -0.4 is 5.32 Å². The summed E-state index contributed by atoms with van der Waals surface area (Å²) < 4.78 is 0. The minimum Gasteiger partial charge on any atom is -0.481 e. The summed E-state index contributed by atoms with van der Waals surface area (Å²) in [6, 6.07) is 0. The fourth-order valence-corrected chi connectivity index (χ4v) is 1.67. The highest BCUT2D eigenvalue weighted by Gasteiger charge is 2.37. The van der Waals surface area contributed by atoms with Crippen LogP contribution in [0.4, 0.5) is 0 Å². The van der Waals surface area contributed by atoms with Crippen LogP contribution in [0.3, 0.4) is 0 Å². The summed E-state index contributed by atoms with van der Waals surface area (Å²) in [6.45, 7) is 6.48. The Hall–Kier alpha value is -1.06. The average molecular weight is 227 g/mol. The van der Waals surface area contributed by atoms with Gasteiger partial charge in [0.15, 0.2) is 0 Å². The number of rotatable bonds is 6. The normalized spacial score (nSPS) is 17.9. The van der Waals surface area contributed by atoms with Crippen LogP contribution in [0, 0.1) is 10.8 Å². The molecule has 0 atom stereocenters. The summed E-state index contributed by atoms with van der Waals surface area (Å²) >= 11 is 0. The zero-order valence-electron chi connectivity index (χ0n) is 10.3. The summed E-state index contributed by atoms with van der Waals surface area (Å²) in [6.07, 6.45) is 2.64. The van der Waals surface area contributed by atoms with Crippen LogP contribution in [0.5, 0.6) is 0 Å². The second-order valence-corrected chi connectivity index (χ2v) is 6.00. The maximum absolute atomic E-state index is 11.6. The van der Waals surface area contributed by atoms with Gasteiger partial charge >= 0.3 is 5.97 Å². The van der Waals surface area contributed by atoms with Gasteiger partial charge in [0.2, 0.25) is 5.91 Å². The first-order valence-electron chi connectivity index (χ1n) is 5.71. The highest BCUT2D eigenvalue weighted by Crippen LogP contribution is 2.44. The predicted octanol–water partition coefficient (Wildman–Crippen LogP) is 1.79. The third kappa shape index (κ3) is 4.64. The second kappa shape index (κ2) is 4.44. The number of nitrogens with one attached hydrogen (secondary N) is 1. The van der Waals surface area contributed by atoms with Crippen molar-refractivity contribution in [1.82, 2.24) is 5.32 Å². The lowest BCUT2D eigenvalue weighted by molar-refractivity contribution is -0.139. The number of aliphatic carboxylic acids is 1. The van der Waals surface area contributed by atoms with E-state index in [1.807, 2.05) is 0 Å². The van der Waals surface area contributed by atoms with Crippen LogP contribution in [-0.2, 0) is 9.59 Å². The monoisotopic (exact) mass is 227 g/mol. The van der Waals surface area contributed by atoms with Gasteiger partial charge in [-0.05, 0) is 23.7 Å². The Morgan fingerprint density at radius 1 is 1.31 bits per heavy atom. The van der Waals surface area contributed by atoms with E-state index >= 15 is 0 Å². The Bertz CT molecular complexity index is 293. The van der Waals surface area contributed by atoms with Gasteiger partial charge in [-0.2, -0.15) is 0 Å². The van der Waals surface area contributed by atoms with E-state index in [0.717, 1.165) is 6.54 Å². The second-order valence-electron chi connectivity index (χ2n) is 6.00. The number of hydrogen-bond donors (Lipinski definition) is 2. The molecule has 16 heavy (non-hydrogen) atoms. The van der Waals surface area contributed by atoms with E-state index in [0.29, 0.717) is 5.41 Å². The van der Waals surface area contributed by atoms with Crippen LogP contribution in [-0.4, -0.2) is 23.5 Å². The predicted molar refractivity (Wildman–Crippen MR) is 61.0 cm³/mol. The number of carboxylic acid groups (broad SMARTS) is 1. The smallest absolute Gasteiger partial charge is 0.303 e. The van der Waals surface area contributed by atoms with Gasteiger partial charge in [0, 0.05) is 13.0 Å². The first-order valence-corrected chi connectivity index (χ1v) is 5.71. The molecule has 4 nitrogen and oxygen atoms in total. The maximum Gasteiger partial charge on any atom is 0.303 e. The lowest BCUT2D eigenvalue weighted by Gasteiger charge is -2.22. The Morgan fingerprint density at radius 2 is 1.88 bits per heavy atom. The molecule has 0 bridgehead atoms. The van der Waals surface area contributed by atoms with Gasteiger partial charge in [-0.15, -0.1) is 0 Å². The summed E-state index contributed by atoms with van der Waals surface area (Å²) in [4.78, 5) is 22.2. The molecule has 2 N–H and O–H groups in total. The van der Waals surface area contributed by atoms with E-state index in [-0.39, 0.29) is 18.7 Å². The van der Waals surface area contributed by atoms with Crippen molar-refractivity contribution in [2.75, 3.05) is 6.54 Å². The topological polar surface area (TPSA) is 66.4 Å². The molecule has 0 saturated heterocycles. The third-order valence-electron chi connectivity index (χ3n) is 3.08. The molecule has 0 radical (unpaired) electrons. The van der Waals surface area contributed by atoms with Crippen LogP contribution >= 0.6 is 0 Å². The highest BCUT2D eigenvalue weighted by molar-refractivity contribution is 5.78. The van der Waals surface area contributed by atoms with Crippen LogP contribution in [0.1, 0.15) is 46.5 Å². The number of amides is 1. The SMILES string of the molecule is CC(C)(CC(=O)O)CC(=O)NCC1(C)CC1. The molecule has 0 aromatic heterocycles. The molecular weight excluding hydrogens is 206 g/mol. The van der Waals surface area contributed by atoms with E-state index in [1.165, 1.54) is 12.8 Å². The van der Waals surface area contributed by atoms with E-state index in [1.54, 1.807) is 13.8 Å². The molecule has 0 aliphatic heterocycles. The molecular formula is C12H21NO3. The standard InChI is InChI=1S/C12H21NO3/c1-11(2,7-10(15)16)6-9(14)13-8-12(3)4-5-12/h4-8H2,1-3H3,(H,13,14)(H,15,16).